The highest BCUT2D eigenvalue weighted by atomic mass is 16.5. The van der Waals surface area contributed by atoms with Crippen molar-refractivity contribution in [2.75, 3.05) is 18.0 Å². The van der Waals surface area contributed by atoms with Gasteiger partial charge in [-0.25, -0.2) is 4.98 Å². The van der Waals surface area contributed by atoms with Crippen LogP contribution in [0.5, 0.6) is 11.6 Å². The quantitative estimate of drug-likeness (QED) is 0.616. The van der Waals surface area contributed by atoms with E-state index in [0.29, 0.717) is 41.3 Å². The van der Waals surface area contributed by atoms with Gasteiger partial charge in [0.05, 0.1) is 23.5 Å². The number of rotatable bonds is 5. The van der Waals surface area contributed by atoms with Crippen molar-refractivity contribution < 1.29 is 14.6 Å². The molecule has 1 fully saturated rings. The lowest BCUT2D eigenvalue weighted by atomic mass is 10.0. The standard InChI is InChI=1S/C23H25N5O4/c1-14(2)31-15-5-8-21(25-12-15)32-19-9-10-28(13-18(19)29)17-11-22(30)27(4)16-6-7-20(24-3)26-23(16)17/h5-8,11-12,14,18-19,29H,9-10,13H2,1-2,4H3/t18-,19-/m0/s1. The molecule has 0 unspecified atom stereocenters. The van der Waals surface area contributed by atoms with E-state index < -0.39 is 12.2 Å². The number of aliphatic hydroxyl groups is 1. The minimum atomic E-state index is -0.791. The number of aliphatic hydroxyl groups excluding tert-OH is 1. The van der Waals surface area contributed by atoms with E-state index in [2.05, 4.69) is 14.8 Å². The van der Waals surface area contributed by atoms with E-state index in [-0.39, 0.29) is 24.0 Å². The van der Waals surface area contributed by atoms with Crippen molar-refractivity contribution in [3.05, 3.63) is 58.3 Å². The van der Waals surface area contributed by atoms with Crippen molar-refractivity contribution in [3.8, 4) is 11.6 Å². The highest BCUT2D eigenvalue weighted by Crippen LogP contribution is 2.29. The molecule has 2 atom stereocenters. The molecule has 0 bridgehead atoms. The molecule has 166 valence electrons. The van der Waals surface area contributed by atoms with Gasteiger partial charge in [-0.15, -0.1) is 4.98 Å². The third kappa shape index (κ3) is 4.36. The smallest absolute Gasteiger partial charge is 0.270 e. The lowest BCUT2D eigenvalue weighted by Gasteiger charge is -2.36. The fourth-order valence-corrected chi connectivity index (χ4v) is 3.80. The van der Waals surface area contributed by atoms with Gasteiger partial charge in [0.25, 0.3) is 11.4 Å². The van der Waals surface area contributed by atoms with Crippen molar-refractivity contribution >= 4 is 22.5 Å². The zero-order valence-electron chi connectivity index (χ0n) is 18.2. The second kappa shape index (κ2) is 8.85. The normalized spacial score (nSPS) is 18.6. The van der Waals surface area contributed by atoms with Crippen molar-refractivity contribution in [3.63, 3.8) is 0 Å². The van der Waals surface area contributed by atoms with Crippen LogP contribution in [0.1, 0.15) is 20.3 Å². The van der Waals surface area contributed by atoms with Crippen LogP contribution < -0.4 is 19.9 Å². The third-order valence-electron chi connectivity index (χ3n) is 5.38. The largest absolute Gasteiger partial charge is 0.489 e. The Morgan fingerprint density at radius 3 is 2.75 bits per heavy atom. The first-order valence-electron chi connectivity index (χ1n) is 10.5. The van der Waals surface area contributed by atoms with Crippen molar-refractivity contribution in [1.82, 2.24) is 14.5 Å². The van der Waals surface area contributed by atoms with E-state index in [9.17, 15) is 9.90 Å². The predicted molar refractivity (Wildman–Crippen MR) is 120 cm³/mol. The zero-order valence-corrected chi connectivity index (χ0v) is 18.2. The third-order valence-corrected chi connectivity index (χ3v) is 5.38. The Bertz CT molecular complexity index is 1220. The van der Waals surface area contributed by atoms with E-state index in [0.717, 1.165) is 0 Å². The number of hydrogen-bond acceptors (Lipinski definition) is 7. The van der Waals surface area contributed by atoms with Crippen molar-refractivity contribution in [1.29, 1.82) is 0 Å². The molecule has 0 spiro atoms. The SMILES string of the molecule is [C-]#[N+]c1ccc2c(n1)c(N1CC[C@H](Oc3ccc(OC(C)C)cn3)[C@@H](O)C1)cc(=O)n2C. The Kier molecular flexibility index (Phi) is 5.97. The lowest BCUT2D eigenvalue weighted by Crippen LogP contribution is -2.49. The van der Waals surface area contributed by atoms with Crippen LogP contribution >= 0.6 is 0 Å². The Labute approximate surface area is 185 Å². The minimum Gasteiger partial charge on any atom is -0.489 e. The van der Waals surface area contributed by atoms with Crippen LogP contribution in [0.25, 0.3) is 15.9 Å². The number of aromatic nitrogens is 3. The molecule has 9 nitrogen and oxygen atoms in total. The number of β-amino-alcohol motifs (C(OH)–C–C–N with tert-alkyl or cyclic N) is 1. The fourth-order valence-electron chi connectivity index (χ4n) is 3.80. The van der Waals surface area contributed by atoms with Crippen LogP contribution in [0.15, 0.2) is 41.3 Å². The molecule has 4 rings (SSSR count). The second-order valence-electron chi connectivity index (χ2n) is 8.03. The van der Waals surface area contributed by atoms with Gasteiger partial charge >= 0.3 is 0 Å². The molecular weight excluding hydrogens is 410 g/mol. The van der Waals surface area contributed by atoms with Gasteiger partial charge in [-0.3, -0.25) is 4.79 Å². The van der Waals surface area contributed by atoms with Gasteiger partial charge in [-0.1, -0.05) is 6.57 Å². The molecule has 4 heterocycles. The van der Waals surface area contributed by atoms with Crippen LogP contribution in [0, 0.1) is 6.57 Å². The van der Waals surface area contributed by atoms with Crippen molar-refractivity contribution in [2.45, 2.75) is 38.6 Å². The molecule has 0 aliphatic carbocycles. The number of ether oxygens (including phenoxy) is 2. The van der Waals surface area contributed by atoms with Crippen LogP contribution in [0.2, 0.25) is 0 Å². The summed E-state index contributed by atoms with van der Waals surface area (Å²) in [5.74, 6) is 1.33. The average Bonchev–Trinajstić information content (AvgIpc) is 2.78. The Balaban J connectivity index is 1.52. The van der Waals surface area contributed by atoms with Crippen molar-refractivity contribution in [2.24, 2.45) is 7.05 Å². The molecule has 0 saturated carbocycles. The number of pyridine rings is 3. The number of nitrogens with zero attached hydrogens (tertiary/aromatic N) is 5. The van der Waals surface area contributed by atoms with E-state index in [1.54, 1.807) is 37.5 Å². The Hall–Kier alpha value is -3.64. The summed E-state index contributed by atoms with van der Waals surface area (Å²) >= 11 is 0. The highest BCUT2D eigenvalue weighted by molar-refractivity contribution is 5.89. The molecule has 32 heavy (non-hydrogen) atoms. The molecule has 3 aromatic rings. The van der Waals surface area contributed by atoms with Gasteiger partial charge in [0.15, 0.2) is 0 Å². The molecule has 1 N–H and O–H groups in total. The summed E-state index contributed by atoms with van der Waals surface area (Å²) in [6, 6.07) is 8.34. The molecule has 1 aliphatic rings. The fraction of sp³-hybridized carbons (Fsp3) is 0.391. The highest BCUT2D eigenvalue weighted by Gasteiger charge is 2.31. The Morgan fingerprint density at radius 2 is 2.09 bits per heavy atom. The minimum absolute atomic E-state index is 0.0564. The second-order valence-corrected chi connectivity index (χ2v) is 8.03. The van der Waals surface area contributed by atoms with Gasteiger partial charge in [-0.05, 0) is 32.0 Å². The maximum Gasteiger partial charge on any atom is 0.270 e. The van der Waals surface area contributed by atoms with Gasteiger partial charge in [0.1, 0.15) is 18.0 Å². The molecule has 9 heteroatoms. The summed E-state index contributed by atoms with van der Waals surface area (Å²) in [5.41, 5.74) is 1.64. The first-order valence-corrected chi connectivity index (χ1v) is 10.5. The van der Waals surface area contributed by atoms with E-state index in [1.165, 1.54) is 10.6 Å². The average molecular weight is 435 g/mol. The predicted octanol–water partition coefficient (Wildman–Crippen LogP) is 2.69. The number of piperidine rings is 1. The maximum absolute atomic E-state index is 12.5. The van der Waals surface area contributed by atoms with E-state index in [4.69, 9.17) is 16.0 Å². The number of fused-ring (bicyclic) bond motifs is 1. The van der Waals surface area contributed by atoms with Crippen LogP contribution in [0.4, 0.5) is 11.5 Å². The number of hydrogen-bond donors (Lipinski definition) is 1. The molecule has 0 amide bonds. The van der Waals surface area contributed by atoms with Gasteiger partial charge in [-0.2, -0.15) is 0 Å². The number of aryl methyl sites for hydroxylation is 1. The molecule has 1 aliphatic heterocycles. The summed E-state index contributed by atoms with van der Waals surface area (Å²) in [4.78, 5) is 26.5. The summed E-state index contributed by atoms with van der Waals surface area (Å²) in [6.45, 7) is 12.0. The first-order chi connectivity index (χ1) is 15.4. The number of anilines is 1. The molecule has 1 saturated heterocycles. The Morgan fingerprint density at radius 1 is 1.28 bits per heavy atom. The molecule has 0 aromatic carbocycles. The topological polar surface area (TPSA) is 94.1 Å². The van der Waals surface area contributed by atoms with Crippen LogP contribution in [-0.4, -0.2) is 51.0 Å². The monoisotopic (exact) mass is 435 g/mol. The summed E-state index contributed by atoms with van der Waals surface area (Å²) in [6.07, 6.45) is 0.969. The summed E-state index contributed by atoms with van der Waals surface area (Å²) < 4.78 is 13.0. The molecule has 3 aromatic heterocycles. The zero-order chi connectivity index (χ0) is 22.8. The van der Waals surface area contributed by atoms with Gasteiger partial charge in [0, 0.05) is 38.7 Å². The van der Waals surface area contributed by atoms with E-state index in [1.807, 2.05) is 18.7 Å². The first kappa shape index (κ1) is 21.6. The van der Waals surface area contributed by atoms with Gasteiger partial charge < -0.3 is 28.9 Å². The van der Waals surface area contributed by atoms with Gasteiger partial charge in [0.2, 0.25) is 11.4 Å². The molecular formula is C23H25N5O4. The lowest BCUT2D eigenvalue weighted by molar-refractivity contribution is 0.0216. The summed E-state index contributed by atoms with van der Waals surface area (Å²) in [7, 11) is 1.67. The summed E-state index contributed by atoms with van der Waals surface area (Å²) in [5, 5.41) is 10.8. The van der Waals surface area contributed by atoms with E-state index >= 15 is 0 Å². The molecule has 0 radical (unpaired) electrons. The maximum atomic E-state index is 12.5. The van der Waals surface area contributed by atoms with Crippen LogP contribution in [-0.2, 0) is 7.05 Å². The van der Waals surface area contributed by atoms with Crippen LogP contribution in [0.3, 0.4) is 0 Å².